The van der Waals surface area contributed by atoms with Crippen molar-refractivity contribution in [2.45, 2.75) is 13.5 Å². The predicted octanol–water partition coefficient (Wildman–Crippen LogP) is 6.87. The maximum atomic E-state index is 6.66. The Labute approximate surface area is 187 Å². The molecule has 5 heteroatoms. The van der Waals surface area contributed by atoms with Gasteiger partial charge in [-0.2, -0.15) is 0 Å². The summed E-state index contributed by atoms with van der Waals surface area (Å²) in [5, 5.41) is 2.56. The van der Waals surface area contributed by atoms with Crippen LogP contribution >= 0.6 is 23.2 Å². The molecule has 3 nitrogen and oxygen atoms in total. The van der Waals surface area contributed by atoms with Gasteiger partial charge in [0.2, 0.25) is 0 Å². The first-order chi connectivity index (χ1) is 14.4. The normalized spacial score (nSPS) is 12.6. The van der Waals surface area contributed by atoms with Gasteiger partial charge >= 0.3 is 0 Å². The number of benzene rings is 2. The maximum Gasteiger partial charge on any atom is 0.0506 e. The first-order valence-electron chi connectivity index (χ1n) is 10.1. The average molecular weight is 438 g/mol. The fraction of sp³-hybridized carbons (Fsp3) is 0.240. The van der Waals surface area contributed by atoms with Gasteiger partial charge in [0, 0.05) is 58.8 Å². The van der Waals surface area contributed by atoms with Gasteiger partial charge in [-0.05, 0) is 55.9 Å². The van der Waals surface area contributed by atoms with E-state index in [-0.39, 0.29) is 0 Å². The Morgan fingerprint density at radius 2 is 1.70 bits per heavy atom. The highest BCUT2D eigenvalue weighted by Crippen LogP contribution is 2.37. The van der Waals surface area contributed by atoms with Gasteiger partial charge in [-0.25, -0.2) is 0 Å². The molecule has 0 aliphatic rings. The van der Waals surface area contributed by atoms with E-state index in [1.165, 1.54) is 0 Å². The summed E-state index contributed by atoms with van der Waals surface area (Å²) < 4.78 is 2.32. The summed E-state index contributed by atoms with van der Waals surface area (Å²) in [7, 11) is 4.22. The van der Waals surface area contributed by atoms with Crippen LogP contribution in [0.4, 0.5) is 0 Å². The lowest BCUT2D eigenvalue weighted by Gasteiger charge is -2.18. The number of hydrogen-bond donors (Lipinski definition) is 0. The molecule has 2 heterocycles. The molecule has 0 N–H and O–H groups in total. The highest BCUT2D eigenvalue weighted by molar-refractivity contribution is 6.36. The van der Waals surface area contributed by atoms with E-state index in [4.69, 9.17) is 23.2 Å². The van der Waals surface area contributed by atoms with Crippen molar-refractivity contribution in [2.75, 3.05) is 20.6 Å². The van der Waals surface area contributed by atoms with Crippen molar-refractivity contribution in [3.63, 3.8) is 0 Å². The number of nitrogens with zero attached hydrogens (tertiary/aromatic N) is 3. The van der Waals surface area contributed by atoms with E-state index in [0.717, 1.165) is 56.3 Å². The van der Waals surface area contributed by atoms with E-state index in [1.54, 1.807) is 0 Å². The largest absolute Gasteiger partial charge is 0.346 e. The van der Waals surface area contributed by atoms with Gasteiger partial charge in [0.15, 0.2) is 0 Å². The van der Waals surface area contributed by atoms with E-state index in [0.29, 0.717) is 5.92 Å². The van der Waals surface area contributed by atoms with Crippen LogP contribution in [0.5, 0.6) is 0 Å². The number of halogens is 2. The quantitative estimate of drug-likeness (QED) is 0.327. The van der Waals surface area contributed by atoms with Crippen LogP contribution in [0.3, 0.4) is 0 Å². The maximum absolute atomic E-state index is 6.66. The minimum atomic E-state index is 0.515. The van der Waals surface area contributed by atoms with Gasteiger partial charge in [0.25, 0.3) is 0 Å². The number of aromatic nitrogens is 2. The third kappa shape index (κ3) is 4.39. The molecule has 4 aromatic rings. The second kappa shape index (κ2) is 8.81. The van der Waals surface area contributed by atoms with Gasteiger partial charge in [-0.1, -0.05) is 48.3 Å². The Balaban J connectivity index is 1.79. The lowest BCUT2D eigenvalue weighted by Crippen LogP contribution is -2.22. The molecule has 1 unspecified atom stereocenters. The van der Waals surface area contributed by atoms with Crippen LogP contribution in [0, 0.1) is 5.92 Å². The lowest BCUT2D eigenvalue weighted by atomic mass is 10.0. The van der Waals surface area contributed by atoms with E-state index in [1.807, 2.05) is 48.8 Å². The fourth-order valence-corrected chi connectivity index (χ4v) is 4.48. The molecule has 0 bridgehead atoms. The lowest BCUT2D eigenvalue weighted by molar-refractivity contribution is 0.318. The highest BCUT2D eigenvalue weighted by Gasteiger charge is 2.16. The summed E-state index contributed by atoms with van der Waals surface area (Å²) in [5.41, 5.74) is 5.46. The van der Waals surface area contributed by atoms with Crippen molar-refractivity contribution in [3.8, 4) is 22.3 Å². The van der Waals surface area contributed by atoms with Crippen LogP contribution in [0.15, 0.2) is 67.1 Å². The second-order valence-electron chi connectivity index (χ2n) is 8.17. The molecule has 0 spiro atoms. The van der Waals surface area contributed by atoms with Crippen molar-refractivity contribution in [1.82, 2.24) is 14.5 Å². The minimum absolute atomic E-state index is 0.515. The number of hydrogen-bond acceptors (Lipinski definition) is 2. The Kier molecular flexibility index (Phi) is 6.14. The van der Waals surface area contributed by atoms with E-state index >= 15 is 0 Å². The van der Waals surface area contributed by atoms with Crippen LogP contribution in [0.2, 0.25) is 10.0 Å². The Hall–Kier alpha value is -2.33. The second-order valence-corrected chi connectivity index (χ2v) is 9.01. The van der Waals surface area contributed by atoms with Gasteiger partial charge < -0.3 is 9.47 Å². The predicted molar refractivity (Wildman–Crippen MR) is 128 cm³/mol. The molecule has 0 fully saturated rings. The molecule has 0 saturated heterocycles. The molecule has 0 radical (unpaired) electrons. The van der Waals surface area contributed by atoms with Crippen LogP contribution in [0.1, 0.15) is 6.92 Å². The summed E-state index contributed by atoms with van der Waals surface area (Å²) in [6, 6.07) is 16.1. The van der Waals surface area contributed by atoms with Crippen molar-refractivity contribution >= 4 is 34.1 Å². The molecule has 4 rings (SSSR count). The first-order valence-corrected chi connectivity index (χ1v) is 10.8. The monoisotopic (exact) mass is 437 g/mol. The molecule has 30 heavy (non-hydrogen) atoms. The fourth-order valence-electron chi connectivity index (χ4n) is 4.08. The number of rotatable bonds is 6. The highest BCUT2D eigenvalue weighted by atomic mass is 35.5. The molecule has 0 aliphatic carbocycles. The number of fused-ring (bicyclic) bond motifs is 1. The Morgan fingerprint density at radius 3 is 2.43 bits per heavy atom. The Bertz CT molecular complexity index is 1160. The van der Waals surface area contributed by atoms with Gasteiger partial charge in [-0.15, -0.1) is 0 Å². The topological polar surface area (TPSA) is 21.1 Å². The number of pyridine rings is 1. The molecule has 1 atom stereocenters. The summed E-state index contributed by atoms with van der Waals surface area (Å²) in [6.07, 6.45) is 6.00. The van der Waals surface area contributed by atoms with E-state index < -0.39 is 0 Å². The molecule has 2 aromatic heterocycles. The van der Waals surface area contributed by atoms with Crippen molar-refractivity contribution in [3.05, 3.63) is 77.2 Å². The van der Waals surface area contributed by atoms with Crippen molar-refractivity contribution in [1.29, 1.82) is 0 Å². The standard InChI is InChI=1S/C25H25Cl2N3/c1-17(14-29(2)3)15-30-16-22(25-23(27)5-4-6-24(25)30)20-11-19(12-28-13-20)18-7-9-21(26)10-8-18/h4-13,16-17H,14-15H2,1-3H3. The molecular formula is C25H25Cl2N3. The summed E-state index contributed by atoms with van der Waals surface area (Å²) >= 11 is 12.7. The van der Waals surface area contributed by atoms with Crippen LogP contribution in [0.25, 0.3) is 33.2 Å². The van der Waals surface area contributed by atoms with Gasteiger partial charge in [-0.3, -0.25) is 4.98 Å². The van der Waals surface area contributed by atoms with E-state index in [2.05, 4.69) is 53.8 Å². The molecule has 0 aliphatic heterocycles. The zero-order valence-corrected chi connectivity index (χ0v) is 19.0. The molecule has 0 amide bonds. The van der Waals surface area contributed by atoms with E-state index in [9.17, 15) is 0 Å². The first kappa shape index (κ1) is 20.9. The van der Waals surface area contributed by atoms with Crippen LogP contribution in [-0.4, -0.2) is 35.1 Å². The van der Waals surface area contributed by atoms with Crippen LogP contribution < -0.4 is 0 Å². The molecule has 0 saturated carbocycles. The zero-order chi connectivity index (χ0) is 21.3. The third-order valence-electron chi connectivity index (χ3n) is 5.27. The molecule has 154 valence electrons. The van der Waals surface area contributed by atoms with Gasteiger partial charge in [0.05, 0.1) is 10.5 Å². The third-order valence-corrected chi connectivity index (χ3v) is 5.83. The van der Waals surface area contributed by atoms with Crippen molar-refractivity contribution < 1.29 is 0 Å². The SMILES string of the molecule is CC(CN(C)C)Cn1cc(-c2cncc(-c3ccc(Cl)cc3)c2)c2c(Cl)cccc21. The smallest absolute Gasteiger partial charge is 0.0506 e. The average Bonchev–Trinajstić information content (AvgIpc) is 3.08. The van der Waals surface area contributed by atoms with Gasteiger partial charge in [0.1, 0.15) is 0 Å². The molecule has 2 aromatic carbocycles. The minimum Gasteiger partial charge on any atom is -0.346 e. The summed E-state index contributed by atoms with van der Waals surface area (Å²) in [4.78, 5) is 6.74. The Morgan fingerprint density at radius 1 is 0.967 bits per heavy atom. The van der Waals surface area contributed by atoms with Crippen LogP contribution in [-0.2, 0) is 6.54 Å². The zero-order valence-electron chi connectivity index (χ0n) is 17.4. The summed E-state index contributed by atoms with van der Waals surface area (Å²) in [5.74, 6) is 0.515. The summed E-state index contributed by atoms with van der Waals surface area (Å²) in [6.45, 7) is 4.24. The molecular weight excluding hydrogens is 413 g/mol. The van der Waals surface area contributed by atoms with Crippen molar-refractivity contribution in [2.24, 2.45) is 5.92 Å².